The summed E-state index contributed by atoms with van der Waals surface area (Å²) in [6.07, 6.45) is 0. The highest BCUT2D eigenvalue weighted by Crippen LogP contribution is 2.32. The van der Waals surface area contributed by atoms with Gasteiger partial charge in [-0.25, -0.2) is 0 Å². The lowest BCUT2D eigenvalue weighted by Crippen LogP contribution is -2.11. The van der Waals surface area contributed by atoms with Crippen molar-refractivity contribution in [1.82, 2.24) is 0 Å². The first-order chi connectivity index (χ1) is 9.81. The van der Waals surface area contributed by atoms with Gasteiger partial charge >= 0.3 is 0 Å². The second-order valence-electron chi connectivity index (χ2n) is 6.29. The second-order valence-corrected chi connectivity index (χ2v) is 7.14. The third-order valence-corrected chi connectivity index (χ3v) is 4.25. The van der Waals surface area contributed by atoms with Gasteiger partial charge in [-0.05, 0) is 47.2 Å². The molecule has 0 heterocycles. The van der Waals surface area contributed by atoms with Gasteiger partial charge < -0.3 is 10.5 Å². The third kappa shape index (κ3) is 3.86. The number of benzene rings is 2. The highest BCUT2D eigenvalue weighted by atomic mass is 79.9. The maximum atomic E-state index is 5.99. The van der Waals surface area contributed by atoms with Gasteiger partial charge in [0.15, 0.2) is 0 Å². The van der Waals surface area contributed by atoms with Crippen molar-refractivity contribution in [2.24, 2.45) is 5.73 Å². The number of hydrogen-bond acceptors (Lipinski definition) is 2. The van der Waals surface area contributed by atoms with Crippen LogP contribution in [0.15, 0.2) is 40.9 Å². The quantitative estimate of drug-likeness (QED) is 0.816. The molecule has 0 radical (unpaired) electrons. The highest BCUT2D eigenvalue weighted by molar-refractivity contribution is 9.10. The summed E-state index contributed by atoms with van der Waals surface area (Å²) in [5, 5.41) is 0. The Balaban J connectivity index is 2.26. The average molecular weight is 348 g/mol. The SMILES string of the molecule is Cc1cc(C(C)(C)C)ccc1Oc1ccc(CN)c(Br)c1. The van der Waals surface area contributed by atoms with Gasteiger partial charge in [-0.1, -0.05) is 54.9 Å². The summed E-state index contributed by atoms with van der Waals surface area (Å²) in [6, 6.07) is 12.3. The molecule has 0 amide bonds. The van der Waals surface area contributed by atoms with E-state index in [4.69, 9.17) is 10.5 Å². The number of aryl methyl sites for hydroxylation is 1. The van der Waals surface area contributed by atoms with Gasteiger partial charge in [0, 0.05) is 11.0 Å². The number of halogens is 1. The molecule has 0 aliphatic carbocycles. The van der Waals surface area contributed by atoms with E-state index in [1.807, 2.05) is 24.3 Å². The van der Waals surface area contributed by atoms with Crippen LogP contribution in [0, 0.1) is 6.92 Å². The Hall–Kier alpha value is -1.32. The lowest BCUT2D eigenvalue weighted by molar-refractivity contribution is 0.477. The first kappa shape index (κ1) is 16.1. The maximum absolute atomic E-state index is 5.99. The Kier molecular flexibility index (Phi) is 4.74. The zero-order chi connectivity index (χ0) is 15.6. The first-order valence-electron chi connectivity index (χ1n) is 7.09. The molecule has 0 fully saturated rings. The van der Waals surface area contributed by atoms with Gasteiger partial charge in [0.25, 0.3) is 0 Å². The van der Waals surface area contributed by atoms with Gasteiger partial charge in [0.1, 0.15) is 11.5 Å². The van der Waals surface area contributed by atoms with E-state index in [1.165, 1.54) is 5.56 Å². The Morgan fingerprint density at radius 2 is 1.81 bits per heavy atom. The van der Waals surface area contributed by atoms with E-state index in [0.717, 1.165) is 27.1 Å². The summed E-state index contributed by atoms with van der Waals surface area (Å²) in [5.74, 6) is 1.70. The minimum Gasteiger partial charge on any atom is -0.457 e. The molecular formula is C18H22BrNO. The van der Waals surface area contributed by atoms with Crippen LogP contribution in [0.5, 0.6) is 11.5 Å². The largest absolute Gasteiger partial charge is 0.457 e. The summed E-state index contributed by atoms with van der Waals surface area (Å²) in [5.41, 5.74) is 9.34. The molecule has 0 aromatic heterocycles. The standard InChI is InChI=1S/C18H22BrNO/c1-12-9-14(18(2,3)4)6-8-17(12)21-15-7-5-13(11-20)16(19)10-15/h5-10H,11,20H2,1-4H3. The maximum Gasteiger partial charge on any atom is 0.130 e. The summed E-state index contributed by atoms with van der Waals surface area (Å²) < 4.78 is 6.96. The molecule has 2 aromatic rings. The fourth-order valence-electron chi connectivity index (χ4n) is 2.11. The highest BCUT2D eigenvalue weighted by Gasteiger charge is 2.15. The van der Waals surface area contributed by atoms with E-state index in [-0.39, 0.29) is 5.41 Å². The number of nitrogens with two attached hydrogens (primary N) is 1. The summed E-state index contributed by atoms with van der Waals surface area (Å²) in [4.78, 5) is 0. The topological polar surface area (TPSA) is 35.2 Å². The summed E-state index contributed by atoms with van der Waals surface area (Å²) >= 11 is 3.52. The molecule has 21 heavy (non-hydrogen) atoms. The summed E-state index contributed by atoms with van der Waals surface area (Å²) in [7, 11) is 0. The molecule has 0 atom stereocenters. The second kappa shape index (κ2) is 6.20. The van der Waals surface area contributed by atoms with Crippen molar-refractivity contribution in [3.05, 3.63) is 57.6 Å². The zero-order valence-electron chi connectivity index (χ0n) is 13.0. The Morgan fingerprint density at radius 1 is 1.10 bits per heavy atom. The Labute approximate surface area is 135 Å². The molecule has 0 aliphatic rings. The van der Waals surface area contributed by atoms with Gasteiger partial charge in [-0.15, -0.1) is 0 Å². The molecule has 112 valence electrons. The first-order valence-corrected chi connectivity index (χ1v) is 7.88. The molecule has 0 bridgehead atoms. The van der Waals surface area contributed by atoms with Crippen molar-refractivity contribution in [2.75, 3.05) is 0 Å². The van der Waals surface area contributed by atoms with E-state index in [9.17, 15) is 0 Å². The normalized spacial score (nSPS) is 11.5. The van der Waals surface area contributed by atoms with Crippen LogP contribution in [-0.4, -0.2) is 0 Å². The molecule has 2 nitrogen and oxygen atoms in total. The predicted octanol–water partition coefficient (Wildman–Crippen LogP) is 5.31. The van der Waals surface area contributed by atoms with Crippen LogP contribution in [0.4, 0.5) is 0 Å². The monoisotopic (exact) mass is 347 g/mol. The molecule has 0 unspecified atom stereocenters. The number of rotatable bonds is 3. The van der Waals surface area contributed by atoms with Crippen LogP contribution in [0.1, 0.15) is 37.5 Å². The fraction of sp³-hybridized carbons (Fsp3) is 0.333. The van der Waals surface area contributed by atoms with Crippen LogP contribution >= 0.6 is 15.9 Å². The molecule has 2 N–H and O–H groups in total. The van der Waals surface area contributed by atoms with Crippen LogP contribution in [0.25, 0.3) is 0 Å². The molecular weight excluding hydrogens is 326 g/mol. The third-order valence-electron chi connectivity index (χ3n) is 3.51. The van der Waals surface area contributed by atoms with E-state index in [1.54, 1.807) is 0 Å². The van der Waals surface area contributed by atoms with E-state index < -0.39 is 0 Å². The van der Waals surface area contributed by atoms with Crippen LogP contribution in [0.3, 0.4) is 0 Å². The molecule has 0 spiro atoms. The molecule has 0 saturated heterocycles. The van der Waals surface area contributed by atoms with Gasteiger partial charge in [0.05, 0.1) is 0 Å². The molecule has 0 saturated carbocycles. The minimum absolute atomic E-state index is 0.148. The van der Waals surface area contributed by atoms with E-state index in [2.05, 4.69) is 55.8 Å². The van der Waals surface area contributed by atoms with Gasteiger partial charge in [-0.2, -0.15) is 0 Å². The molecule has 0 aliphatic heterocycles. The van der Waals surface area contributed by atoms with Crippen molar-refractivity contribution in [3.8, 4) is 11.5 Å². The van der Waals surface area contributed by atoms with Crippen LogP contribution < -0.4 is 10.5 Å². The Morgan fingerprint density at radius 3 is 2.33 bits per heavy atom. The van der Waals surface area contributed by atoms with Gasteiger partial charge in [-0.3, -0.25) is 0 Å². The molecule has 3 heteroatoms. The van der Waals surface area contributed by atoms with Crippen LogP contribution in [0.2, 0.25) is 0 Å². The summed E-state index contributed by atoms with van der Waals surface area (Å²) in [6.45, 7) is 9.23. The van der Waals surface area contributed by atoms with Crippen molar-refractivity contribution >= 4 is 15.9 Å². The fourth-order valence-corrected chi connectivity index (χ4v) is 2.63. The van der Waals surface area contributed by atoms with Crippen molar-refractivity contribution in [1.29, 1.82) is 0 Å². The van der Waals surface area contributed by atoms with Crippen LogP contribution in [-0.2, 0) is 12.0 Å². The number of ether oxygens (including phenoxy) is 1. The number of hydrogen-bond donors (Lipinski definition) is 1. The smallest absolute Gasteiger partial charge is 0.130 e. The van der Waals surface area contributed by atoms with E-state index in [0.29, 0.717) is 6.54 Å². The molecule has 2 rings (SSSR count). The van der Waals surface area contributed by atoms with Gasteiger partial charge in [0.2, 0.25) is 0 Å². The average Bonchev–Trinajstić information content (AvgIpc) is 2.40. The predicted molar refractivity (Wildman–Crippen MR) is 92.0 cm³/mol. The lowest BCUT2D eigenvalue weighted by Gasteiger charge is -2.20. The minimum atomic E-state index is 0.148. The molecule has 2 aromatic carbocycles. The van der Waals surface area contributed by atoms with Crippen molar-refractivity contribution in [2.45, 2.75) is 39.7 Å². The van der Waals surface area contributed by atoms with Crippen molar-refractivity contribution < 1.29 is 4.74 Å². The van der Waals surface area contributed by atoms with Crippen molar-refractivity contribution in [3.63, 3.8) is 0 Å². The zero-order valence-corrected chi connectivity index (χ0v) is 14.6. The van der Waals surface area contributed by atoms with E-state index >= 15 is 0 Å². The Bertz CT molecular complexity index is 644. The lowest BCUT2D eigenvalue weighted by atomic mass is 9.86.